The zero-order valence-corrected chi connectivity index (χ0v) is 7.26. The van der Waals surface area contributed by atoms with Crippen molar-refractivity contribution in [1.29, 1.82) is 0 Å². The van der Waals surface area contributed by atoms with Gasteiger partial charge in [0.1, 0.15) is 11.5 Å². The highest BCUT2D eigenvalue weighted by molar-refractivity contribution is 5.74. The van der Waals surface area contributed by atoms with Gasteiger partial charge in [-0.15, -0.1) is 0 Å². The Bertz CT molecular complexity index is 187. The van der Waals surface area contributed by atoms with E-state index in [0.717, 1.165) is 5.76 Å². The van der Waals surface area contributed by atoms with Gasteiger partial charge in [0.2, 0.25) is 0 Å². The molecule has 0 saturated carbocycles. The lowest BCUT2D eigenvalue weighted by Gasteiger charge is -1.71. The van der Waals surface area contributed by atoms with Crippen molar-refractivity contribution in [1.82, 2.24) is 0 Å². The van der Waals surface area contributed by atoms with Gasteiger partial charge in [-0.2, -0.15) is 0 Å². The highest BCUT2D eigenvalue weighted by Crippen LogP contribution is 1.93. The van der Waals surface area contributed by atoms with Crippen LogP contribution in [-0.2, 0) is 4.79 Å². The molecule has 62 valence electrons. The maximum absolute atomic E-state index is 9.81. The van der Waals surface area contributed by atoms with Crippen LogP contribution in [0.25, 0.3) is 0 Å². The number of furan rings is 1. The number of Topliss-reactive ketones (excluding diaryl/α,β-unsaturated/α-hetero) is 1. The summed E-state index contributed by atoms with van der Waals surface area (Å²) in [5, 5.41) is 0. The highest BCUT2D eigenvalue weighted by atomic mass is 16.3. The molecule has 1 aromatic rings. The molecular weight excluding hydrogens is 140 g/mol. The fraction of sp³-hybridized carbons (Fsp3) is 0.444. The van der Waals surface area contributed by atoms with Gasteiger partial charge in [0, 0.05) is 6.42 Å². The topological polar surface area (TPSA) is 30.2 Å². The zero-order chi connectivity index (χ0) is 8.69. The molecule has 2 heteroatoms. The third kappa shape index (κ3) is 6.84. The van der Waals surface area contributed by atoms with Gasteiger partial charge < -0.3 is 9.21 Å². The Labute approximate surface area is 67.2 Å². The van der Waals surface area contributed by atoms with E-state index < -0.39 is 0 Å². The lowest BCUT2D eigenvalue weighted by atomic mass is 10.4. The number of rotatable bonds is 1. The molecule has 0 bridgehead atoms. The number of carbonyl (C=O) groups is 1. The molecule has 0 aliphatic heterocycles. The number of ketones is 1. The van der Waals surface area contributed by atoms with E-state index in [-0.39, 0.29) is 5.78 Å². The molecule has 0 aromatic carbocycles. The third-order valence-corrected chi connectivity index (χ3v) is 1.16. The first-order valence-corrected chi connectivity index (χ1v) is 3.66. The van der Waals surface area contributed by atoms with Crippen LogP contribution in [0.3, 0.4) is 0 Å². The molecule has 0 amide bonds. The van der Waals surface area contributed by atoms with Gasteiger partial charge in [-0.1, -0.05) is 6.92 Å². The Morgan fingerprint density at radius 3 is 2.27 bits per heavy atom. The van der Waals surface area contributed by atoms with E-state index in [1.807, 2.05) is 26.0 Å². The monoisotopic (exact) mass is 154 g/mol. The second kappa shape index (κ2) is 5.71. The van der Waals surface area contributed by atoms with Crippen molar-refractivity contribution in [3.8, 4) is 0 Å². The first-order chi connectivity index (χ1) is 5.16. The molecule has 11 heavy (non-hydrogen) atoms. The fourth-order valence-corrected chi connectivity index (χ4v) is 0.361. The highest BCUT2D eigenvalue weighted by Gasteiger charge is 1.77. The molecule has 1 rings (SSSR count). The Hall–Kier alpha value is -1.05. The van der Waals surface area contributed by atoms with Crippen LogP contribution in [0.4, 0.5) is 0 Å². The molecule has 0 saturated heterocycles. The summed E-state index contributed by atoms with van der Waals surface area (Å²) in [6.07, 6.45) is 2.33. The summed E-state index contributed by atoms with van der Waals surface area (Å²) in [6, 6.07) is 3.79. The zero-order valence-electron chi connectivity index (χ0n) is 7.26. The molecule has 0 atom stereocenters. The molecular formula is C9H14O2. The van der Waals surface area contributed by atoms with Gasteiger partial charge in [0.15, 0.2) is 0 Å². The predicted molar refractivity (Wildman–Crippen MR) is 44.4 cm³/mol. The van der Waals surface area contributed by atoms with E-state index in [9.17, 15) is 4.79 Å². The van der Waals surface area contributed by atoms with Crippen LogP contribution >= 0.6 is 0 Å². The standard InChI is InChI=1S/C5H6O.C4H8O/c1-5-3-2-4-6-5;1-3-4(2)5/h2-4H,1H3;3H2,1-2H3. The molecule has 0 radical (unpaired) electrons. The minimum Gasteiger partial charge on any atom is -0.470 e. The summed E-state index contributed by atoms with van der Waals surface area (Å²) < 4.78 is 4.83. The van der Waals surface area contributed by atoms with Crippen LogP contribution in [0.1, 0.15) is 26.0 Å². The first-order valence-electron chi connectivity index (χ1n) is 3.66. The molecule has 2 nitrogen and oxygen atoms in total. The van der Waals surface area contributed by atoms with E-state index in [1.165, 1.54) is 0 Å². The second-order valence-corrected chi connectivity index (χ2v) is 2.28. The van der Waals surface area contributed by atoms with Crippen LogP contribution < -0.4 is 0 Å². The van der Waals surface area contributed by atoms with E-state index in [0.29, 0.717) is 6.42 Å². The average Bonchev–Trinajstić information content (AvgIpc) is 2.41. The summed E-state index contributed by atoms with van der Waals surface area (Å²) in [6.45, 7) is 5.35. The number of hydrogen-bond acceptors (Lipinski definition) is 2. The Kier molecular flexibility index (Phi) is 5.17. The van der Waals surface area contributed by atoms with Crippen molar-refractivity contribution in [3.63, 3.8) is 0 Å². The first kappa shape index (κ1) is 9.95. The Morgan fingerprint density at radius 2 is 2.18 bits per heavy atom. The minimum absolute atomic E-state index is 0.255. The fourth-order valence-electron chi connectivity index (χ4n) is 0.361. The second-order valence-electron chi connectivity index (χ2n) is 2.28. The molecule has 0 fully saturated rings. The van der Waals surface area contributed by atoms with Gasteiger partial charge in [-0.25, -0.2) is 0 Å². The Balaban J connectivity index is 0.000000187. The van der Waals surface area contributed by atoms with Crippen LogP contribution in [0.15, 0.2) is 22.8 Å². The van der Waals surface area contributed by atoms with Gasteiger partial charge >= 0.3 is 0 Å². The van der Waals surface area contributed by atoms with Crippen molar-refractivity contribution in [2.75, 3.05) is 0 Å². The molecule has 1 heterocycles. The predicted octanol–water partition coefficient (Wildman–Crippen LogP) is 2.57. The summed E-state index contributed by atoms with van der Waals surface area (Å²) >= 11 is 0. The SMILES string of the molecule is CCC(C)=O.Cc1ccco1. The van der Waals surface area contributed by atoms with Crippen molar-refractivity contribution in [2.45, 2.75) is 27.2 Å². The molecule has 0 aliphatic rings. The summed E-state index contributed by atoms with van der Waals surface area (Å²) in [4.78, 5) is 9.81. The lowest BCUT2D eigenvalue weighted by molar-refractivity contribution is -0.116. The maximum atomic E-state index is 9.81. The normalized spacial score (nSPS) is 8.27. The van der Waals surface area contributed by atoms with Crippen LogP contribution in [0.2, 0.25) is 0 Å². The average molecular weight is 154 g/mol. The summed E-state index contributed by atoms with van der Waals surface area (Å²) in [5.74, 6) is 1.22. The van der Waals surface area contributed by atoms with Gasteiger partial charge in [-0.3, -0.25) is 0 Å². The van der Waals surface area contributed by atoms with E-state index in [4.69, 9.17) is 4.42 Å². The van der Waals surface area contributed by atoms with Crippen molar-refractivity contribution in [3.05, 3.63) is 24.2 Å². The van der Waals surface area contributed by atoms with Gasteiger partial charge in [0.25, 0.3) is 0 Å². The van der Waals surface area contributed by atoms with E-state index in [2.05, 4.69) is 0 Å². The molecule has 0 spiro atoms. The molecule has 0 aliphatic carbocycles. The smallest absolute Gasteiger partial charge is 0.129 e. The van der Waals surface area contributed by atoms with Crippen LogP contribution in [0, 0.1) is 6.92 Å². The largest absolute Gasteiger partial charge is 0.470 e. The number of carbonyl (C=O) groups excluding carboxylic acids is 1. The van der Waals surface area contributed by atoms with Crippen LogP contribution in [0.5, 0.6) is 0 Å². The van der Waals surface area contributed by atoms with Crippen LogP contribution in [-0.4, -0.2) is 5.78 Å². The van der Waals surface area contributed by atoms with Crippen molar-refractivity contribution in [2.24, 2.45) is 0 Å². The maximum Gasteiger partial charge on any atom is 0.129 e. The van der Waals surface area contributed by atoms with Gasteiger partial charge in [0.05, 0.1) is 6.26 Å². The molecule has 1 aromatic heterocycles. The van der Waals surface area contributed by atoms with E-state index in [1.54, 1.807) is 13.2 Å². The molecule has 0 N–H and O–H groups in total. The summed E-state index contributed by atoms with van der Waals surface area (Å²) in [5.41, 5.74) is 0. The van der Waals surface area contributed by atoms with Crippen molar-refractivity contribution < 1.29 is 9.21 Å². The summed E-state index contributed by atoms with van der Waals surface area (Å²) in [7, 11) is 0. The molecule has 0 unspecified atom stereocenters. The minimum atomic E-state index is 0.255. The van der Waals surface area contributed by atoms with Gasteiger partial charge in [-0.05, 0) is 26.0 Å². The number of aryl methyl sites for hydroxylation is 1. The quantitative estimate of drug-likeness (QED) is 0.622. The number of hydrogen-bond donors (Lipinski definition) is 0. The van der Waals surface area contributed by atoms with Crippen molar-refractivity contribution >= 4 is 5.78 Å². The third-order valence-electron chi connectivity index (χ3n) is 1.16. The Morgan fingerprint density at radius 1 is 1.64 bits per heavy atom. The van der Waals surface area contributed by atoms with E-state index >= 15 is 0 Å². The lowest BCUT2D eigenvalue weighted by Crippen LogP contribution is -1.80.